The molecule has 0 radical (unpaired) electrons. The lowest BCUT2D eigenvalue weighted by Crippen LogP contribution is -2.36. The van der Waals surface area contributed by atoms with E-state index >= 15 is 0 Å². The van der Waals surface area contributed by atoms with Gasteiger partial charge in [0.1, 0.15) is 4.08 Å². The van der Waals surface area contributed by atoms with Gasteiger partial charge in [-0.1, -0.05) is 5.57 Å². The summed E-state index contributed by atoms with van der Waals surface area (Å²) in [6.07, 6.45) is 5.26. The van der Waals surface area contributed by atoms with Gasteiger partial charge in [0.2, 0.25) is 0 Å². The first kappa shape index (κ1) is 9.66. The Balaban J connectivity index is 2.18. The highest BCUT2D eigenvalue weighted by Crippen LogP contribution is 2.48. The fraction of sp³-hybridized carbons (Fsp3) is 0.700. The fourth-order valence-corrected chi connectivity index (χ4v) is 4.90. The van der Waals surface area contributed by atoms with Crippen molar-refractivity contribution in [3.05, 3.63) is 11.6 Å². The van der Waals surface area contributed by atoms with Crippen LogP contribution in [0.4, 0.5) is 0 Å². The van der Waals surface area contributed by atoms with E-state index in [9.17, 15) is 4.79 Å². The maximum Gasteiger partial charge on any atom is 0.181 e. The molecule has 1 nitrogen and oxygen atoms in total. The zero-order valence-corrected chi connectivity index (χ0v) is 9.47. The zero-order valence-electron chi connectivity index (χ0n) is 7.84. The van der Waals surface area contributed by atoms with Crippen molar-refractivity contribution in [3.63, 3.8) is 0 Å². The van der Waals surface area contributed by atoms with Crippen LogP contribution in [-0.4, -0.2) is 21.4 Å². The molecule has 13 heavy (non-hydrogen) atoms. The highest BCUT2D eigenvalue weighted by Gasteiger charge is 2.41. The van der Waals surface area contributed by atoms with E-state index in [0.717, 1.165) is 24.3 Å². The summed E-state index contributed by atoms with van der Waals surface area (Å²) in [6, 6.07) is 0. The average Bonchev–Trinajstić information content (AvgIpc) is 2.14. The number of rotatable bonds is 0. The number of carbonyl (C=O) groups excluding carboxylic acids is 1. The lowest BCUT2D eigenvalue weighted by Gasteiger charge is -2.36. The number of ketones is 1. The van der Waals surface area contributed by atoms with Crippen molar-refractivity contribution in [1.82, 2.24) is 0 Å². The Kier molecular flexibility index (Phi) is 2.75. The molecule has 0 amide bonds. The number of thioether (sulfide) groups is 2. The molecule has 0 aromatic carbocycles. The number of allylic oxidation sites excluding steroid dienone is 2. The number of hydrogen-bond acceptors (Lipinski definition) is 3. The van der Waals surface area contributed by atoms with Gasteiger partial charge >= 0.3 is 0 Å². The molecular weight excluding hydrogens is 200 g/mol. The molecule has 0 atom stereocenters. The first-order valence-corrected chi connectivity index (χ1v) is 6.70. The second-order valence-electron chi connectivity index (χ2n) is 3.66. The smallest absolute Gasteiger partial charge is 0.181 e. The lowest BCUT2D eigenvalue weighted by atomic mass is 9.99. The molecule has 1 saturated heterocycles. The maximum absolute atomic E-state index is 11.9. The van der Waals surface area contributed by atoms with Crippen LogP contribution in [0.1, 0.15) is 26.2 Å². The van der Waals surface area contributed by atoms with Gasteiger partial charge in [0.25, 0.3) is 0 Å². The Morgan fingerprint density at radius 1 is 1.38 bits per heavy atom. The van der Waals surface area contributed by atoms with Gasteiger partial charge in [-0.3, -0.25) is 4.79 Å². The Hall–Kier alpha value is 0.110. The first-order chi connectivity index (χ1) is 6.23. The molecule has 0 N–H and O–H groups in total. The van der Waals surface area contributed by atoms with E-state index in [0.29, 0.717) is 5.78 Å². The van der Waals surface area contributed by atoms with Crippen LogP contribution < -0.4 is 0 Å². The van der Waals surface area contributed by atoms with Gasteiger partial charge in [-0.25, -0.2) is 0 Å². The van der Waals surface area contributed by atoms with E-state index < -0.39 is 0 Å². The van der Waals surface area contributed by atoms with E-state index in [1.807, 2.05) is 29.6 Å². The minimum Gasteiger partial charge on any atom is -0.292 e. The highest BCUT2D eigenvalue weighted by atomic mass is 32.2. The summed E-state index contributed by atoms with van der Waals surface area (Å²) in [4.78, 5) is 11.9. The fourth-order valence-electron chi connectivity index (χ4n) is 1.75. The Morgan fingerprint density at radius 3 is 2.69 bits per heavy atom. The van der Waals surface area contributed by atoms with E-state index in [4.69, 9.17) is 0 Å². The summed E-state index contributed by atoms with van der Waals surface area (Å²) < 4.78 is -0.0856. The minimum absolute atomic E-state index is 0.0856. The van der Waals surface area contributed by atoms with Crippen molar-refractivity contribution in [2.75, 3.05) is 11.5 Å². The summed E-state index contributed by atoms with van der Waals surface area (Å²) in [5.41, 5.74) is 1.25. The summed E-state index contributed by atoms with van der Waals surface area (Å²) in [5, 5.41) is 0. The standard InChI is InChI=1S/C10H14OS2/c1-8-3-4-10(9(11)7-8)12-5-2-6-13-10/h7H,2-6H2,1H3. The third kappa shape index (κ3) is 1.82. The molecule has 0 bridgehead atoms. The SMILES string of the molecule is CC1=CC(=O)C2(CC1)SCCCS2. The number of hydrogen-bond donors (Lipinski definition) is 0. The Bertz CT molecular complexity index is 252. The van der Waals surface area contributed by atoms with Gasteiger partial charge < -0.3 is 0 Å². The van der Waals surface area contributed by atoms with Crippen LogP contribution in [0.15, 0.2) is 11.6 Å². The largest absolute Gasteiger partial charge is 0.292 e. The van der Waals surface area contributed by atoms with Crippen LogP contribution in [0.2, 0.25) is 0 Å². The molecule has 1 heterocycles. The van der Waals surface area contributed by atoms with Crippen LogP contribution in [0.25, 0.3) is 0 Å². The van der Waals surface area contributed by atoms with E-state index in [-0.39, 0.29) is 4.08 Å². The Morgan fingerprint density at radius 2 is 2.08 bits per heavy atom. The molecule has 1 fully saturated rings. The van der Waals surface area contributed by atoms with Crippen molar-refractivity contribution in [2.45, 2.75) is 30.3 Å². The van der Waals surface area contributed by atoms with Crippen molar-refractivity contribution in [2.24, 2.45) is 0 Å². The van der Waals surface area contributed by atoms with Gasteiger partial charge in [-0.15, -0.1) is 23.5 Å². The molecule has 1 aliphatic heterocycles. The first-order valence-electron chi connectivity index (χ1n) is 4.72. The second kappa shape index (κ2) is 3.70. The van der Waals surface area contributed by atoms with Crippen molar-refractivity contribution in [3.8, 4) is 0 Å². The predicted molar refractivity (Wildman–Crippen MR) is 60.3 cm³/mol. The molecular formula is C10H14OS2. The molecule has 1 spiro atoms. The molecule has 0 saturated carbocycles. The predicted octanol–water partition coefficient (Wildman–Crippen LogP) is 2.86. The molecule has 0 unspecified atom stereocenters. The van der Waals surface area contributed by atoms with Crippen LogP contribution in [-0.2, 0) is 4.79 Å². The van der Waals surface area contributed by atoms with Gasteiger partial charge in [-0.2, -0.15) is 0 Å². The normalized spacial score (nSPS) is 27.5. The highest BCUT2D eigenvalue weighted by molar-refractivity contribution is 8.19. The third-order valence-corrected chi connectivity index (χ3v) is 6.00. The zero-order chi connectivity index (χ0) is 9.31. The molecule has 0 aromatic rings. The van der Waals surface area contributed by atoms with Crippen molar-refractivity contribution in [1.29, 1.82) is 0 Å². The minimum atomic E-state index is -0.0856. The van der Waals surface area contributed by atoms with Gasteiger partial charge in [0.05, 0.1) is 0 Å². The lowest BCUT2D eigenvalue weighted by molar-refractivity contribution is -0.115. The van der Waals surface area contributed by atoms with Crippen LogP contribution in [0, 0.1) is 0 Å². The topological polar surface area (TPSA) is 17.1 Å². The van der Waals surface area contributed by atoms with Crippen LogP contribution in [0.5, 0.6) is 0 Å². The maximum atomic E-state index is 11.9. The molecule has 2 aliphatic rings. The van der Waals surface area contributed by atoms with Gasteiger partial charge in [0.15, 0.2) is 5.78 Å². The van der Waals surface area contributed by atoms with E-state index in [2.05, 4.69) is 6.92 Å². The van der Waals surface area contributed by atoms with Gasteiger partial charge in [-0.05, 0) is 43.8 Å². The quantitative estimate of drug-likeness (QED) is 0.617. The van der Waals surface area contributed by atoms with Gasteiger partial charge in [0, 0.05) is 0 Å². The number of carbonyl (C=O) groups is 1. The van der Waals surface area contributed by atoms with E-state index in [1.54, 1.807) is 0 Å². The van der Waals surface area contributed by atoms with Crippen molar-refractivity contribution >= 4 is 29.3 Å². The van der Waals surface area contributed by atoms with Crippen LogP contribution >= 0.6 is 23.5 Å². The summed E-state index contributed by atoms with van der Waals surface area (Å²) >= 11 is 3.73. The molecule has 1 aliphatic carbocycles. The molecule has 3 heteroatoms. The molecule has 2 rings (SSSR count). The Labute approximate surface area is 87.7 Å². The monoisotopic (exact) mass is 214 g/mol. The average molecular weight is 214 g/mol. The second-order valence-corrected chi connectivity index (χ2v) is 6.70. The van der Waals surface area contributed by atoms with Crippen molar-refractivity contribution < 1.29 is 4.79 Å². The molecule has 0 aromatic heterocycles. The summed E-state index contributed by atoms with van der Waals surface area (Å²) in [5.74, 6) is 2.67. The third-order valence-electron chi connectivity index (χ3n) is 2.56. The summed E-state index contributed by atoms with van der Waals surface area (Å²) in [6.45, 7) is 2.06. The summed E-state index contributed by atoms with van der Waals surface area (Å²) in [7, 11) is 0. The van der Waals surface area contributed by atoms with E-state index in [1.165, 1.54) is 12.0 Å². The van der Waals surface area contributed by atoms with Crippen LogP contribution in [0.3, 0.4) is 0 Å². The molecule has 72 valence electrons.